The van der Waals surface area contributed by atoms with E-state index in [9.17, 15) is 0 Å². The number of aliphatic imine (C=N–C) groups is 1. The van der Waals surface area contributed by atoms with Crippen LogP contribution in [-0.2, 0) is 6.42 Å². The molecule has 1 atom stereocenters. The van der Waals surface area contributed by atoms with Crippen LogP contribution in [0.15, 0.2) is 29.3 Å². The Labute approximate surface area is 103 Å². The predicted octanol–water partition coefficient (Wildman–Crippen LogP) is 2.23. The first-order valence-corrected chi connectivity index (χ1v) is 6.31. The van der Waals surface area contributed by atoms with Gasteiger partial charge in [0.2, 0.25) is 0 Å². The van der Waals surface area contributed by atoms with Crippen molar-refractivity contribution in [2.24, 2.45) is 16.6 Å². The van der Waals surface area contributed by atoms with Gasteiger partial charge in [-0.1, -0.05) is 38.1 Å². The second-order valence-corrected chi connectivity index (χ2v) is 5.05. The quantitative estimate of drug-likeness (QED) is 0.619. The van der Waals surface area contributed by atoms with E-state index >= 15 is 0 Å². The molecule has 1 aliphatic rings. The molecule has 1 aliphatic carbocycles. The van der Waals surface area contributed by atoms with Crippen molar-refractivity contribution >= 4 is 5.96 Å². The molecule has 0 heterocycles. The van der Waals surface area contributed by atoms with Gasteiger partial charge in [-0.2, -0.15) is 0 Å². The fourth-order valence-corrected chi connectivity index (χ4v) is 2.21. The molecule has 1 aromatic rings. The van der Waals surface area contributed by atoms with Gasteiger partial charge in [0.1, 0.15) is 0 Å². The lowest BCUT2D eigenvalue weighted by atomic mass is 10.1. The molecule has 0 saturated heterocycles. The van der Waals surface area contributed by atoms with Gasteiger partial charge in [0, 0.05) is 6.54 Å². The lowest BCUT2D eigenvalue weighted by Gasteiger charge is -2.14. The zero-order valence-corrected chi connectivity index (χ0v) is 10.6. The average Bonchev–Trinajstić information content (AvgIpc) is 2.70. The number of benzene rings is 1. The van der Waals surface area contributed by atoms with Crippen molar-refractivity contribution in [2.45, 2.75) is 32.7 Å². The van der Waals surface area contributed by atoms with Gasteiger partial charge in [0.05, 0.1) is 6.04 Å². The summed E-state index contributed by atoms with van der Waals surface area (Å²) in [4.78, 5) is 4.34. The van der Waals surface area contributed by atoms with Gasteiger partial charge in [0.25, 0.3) is 0 Å². The van der Waals surface area contributed by atoms with Crippen molar-refractivity contribution in [2.75, 3.05) is 6.54 Å². The number of hydrogen-bond donors (Lipinski definition) is 2. The number of guanidine groups is 1. The van der Waals surface area contributed by atoms with Crippen molar-refractivity contribution in [1.82, 2.24) is 5.32 Å². The molecule has 92 valence electrons. The maximum atomic E-state index is 5.90. The zero-order valence-electron chi connectivity index (χ0n) is 10.6. The number of nitrogens with two attached hydrogens (primary N) is 1. The molecule has 17 heavy (non-hydrogen) atoms. The number of rotatable bonds is 3. The summed E-state index contributed by atoms with van der Waals surface area (Å²) in [6.07, 6.45) is 2.24. The summed E-state index contributed by atoms with van der Waals surface area (Å²) in [5, 5.41) is 3.32. The van der Waals surface area contributed by atoms with Gasteiger partial charge in [-0.15, -0.1) is 0 Å². The maximum absolute atomic E-state index is 5.90. The van der Waals surface area contributed by atoms with Crippen LogP contribution in [0.5, 0.6) is 0 Å². The Bertz CT molecular complexity index is 410. The van der Waals surface area contributed by atoms with Crippen molar-refractivity contribution in [3.05, 3.63) is 35.4 Å². The van der Waals surface area contributed by atoms with E-state index in [4.69, 9.17) is 5.73 Å². The molecule has 0 bridgehead atoms. The van der Waals surface area contributed by atoms with Crippen molar-refractivity contribution < 1.29 is 0 Å². The highest BCUT2D eigenvalue weighted by Gasteiger charge is 2.21. The molecular weight excluding hydrogens is 210 g/mol. The highest BCUT2D eigenvalue weighted by molar-refractivity contribution is 5.78. The van der Waals surface area contributed by atoms with Crippen LogP contribution >= 0.6 is 0 Å². The maximum Gasteiger partial charge on any atom is 0.189 e. The Kier molecular flexibility index (Phi) is 3.67. The topological polar surface area (TPSA) is 50.4 Å². The molecular formula is C14H21N3. The van der Waals surface area contributed by atoms with Gasteiger partial charge in [-0.25, -0.2) is 0 Å². The minimum atomic E-state index is 0.335. The van der Waals surface area contributed by atoms with Gasteiger partial charge < -0.3 is 11.1 Å². The fraction of sp³-hybridized carbons (Fsp3) is 0.500. The van der Waals surface area contributed by atoms with Gasteiger partial charge in [-0.05, 0) is 29.9 Å². The number of aryl methyl sites for hydroxylation is 1. The molecule has 0 amide bonds. The third-order valence-corrected chi connectivity index (χ3v) is 3.08. The molecule has 2 rings (SSSR count). The van der Waals surface area contributed by atoms with E-state index in [1.54, 1.807) is 0 Å². The fourth-order valence-electron chi connectivity index (χ4n) is 2.21. The second kappa shape index (κ2) is 5.21. The zero-order chi connectivity index (χ0) is 12.3. The Hall–Kier alpha value is -1.51. The Morgan fingerprint density at radius 1 is 1.47 bits per heavy atom. The molecule has 0 saturated carbocycles. The molecule has 0 aliphatic heterocycles. The van der Waals surface area contributed by atoms with E-state index in [1.165, 1.54) is 11.1 Å². The number of fused-ring (bicyclic) bond motifs is 1. The average molecular weight is 231 g/mol. The summed E-state index contributed by atoms with van der Waals surface area (Å²) < 4.78 is 0. The molecule has 1 unspecified atom stereocenters. The highest BCUT2D eigenvalue weighted by Crippen LogP contribution is 2.30. The van der Waals surface area contributed by atoms with Crippen LogP contribution in [0.2, 0.25) is 0 Å². The monoisotopic (exact) mass is 231 g/mol. The first kappa shape index (κ1) is 12.0. The van der Waals surface area contributed by atoms with E-state index in [0.717, 1.165) is 19.4 Å². The molecule has 3 heteroatoms. The van der Waals surface area contributed by atoms with Crippen LogP contribution in [-0.4, -0.2) is 12.5 Å². The van der Waals surface area contributed by atoms with Gasteiger partial charge in [0.15, 0.2) is 5.96 Å². The molecule has 0 radical (unpaired) electrons. The smallest absolute Gasteiger partial charge is 0.189 e. The SMILES string of the molecule is CC(C)CN=C(N)NC1CCc2ccccc21. The van der Waals surface area contributed by atoms with Gasteiger partial charge >= 0.3 is 0 Å². The molecule has 3 N–H and O–H groups in total. The molecule has 0 aromatic heterocycles. The van der Waals surface area contributed by atoms with E-state index in [0.29, 0.717) is 17.9 Å². The van der Waals surface area contributed by atoms with Crippen LogP contribution in [0, 0.1) is 5.92 Å². The van der Waals surface area contributed by atoms with Crippen molar-refractivity contribution in [1.29, 1.82) is 0 Å². The minimum absolute atomic E-state index is 0.335. The second-order valence-electron chi connectivity index (χ2n) is 5.05. The lowest BCUT2D eigenvalue weighted by Crippen LogP contribution is -2.34. The summed E-state index contributed by atoms with van der Waals surface area (Å²) >= 11 is 0. The summed E-state index contributed by atoms with van der Waals surface area (Å²) in [5.74, 6) is 1.12. The van der Waals surface area contributed by atoms with E-state index in [1.807, 2.05) is 0 Å². The van der Waals surface area contributed by atoms with Crippen LogP contribution in [0.4, 0.5) is 0 Å². The largest absolute Gasteiger partial charge is 0.370 e. The van der Waals surface area contributed by atoms with Crippen LogP contribution in [0.25, 0.3) is 0 Å². The van der Waals surface area contributed by atoms with Gasteiger partial charge in [-0.3, -0.25) is 4.99 Å². The number of hydrogen-bond acceptors (Lipinski definition) is 1. The minimum Gasteiger partial charge on any atom is -0.370 e. The van der Waals surface area contributed by atoms with Crippen LogP contribution in [0.1, 0.15) is 37.4 Å². The normalized spacial score (nSPS) is 19.5. The molecule has 0 fully saturated rings. The first-order valence-electron chi connectivity index (χ1n) is 6.31. The summed E-state index contributed by atoms with van der Waals surface area (Å²) in [7, 11) is 0. The van der Waals surface area contributed by atoms with E-state index in [2.05, 4.69) is 48.4 Å². The summed E-state index contributed by atoms with van der Waals surface area (Å²) in [5.41, 5.74) is 8.70. The highest BCUT2D eigenvalue weighted by atomic mass is 15.1. The Balaban J connectivity index is 2.00. The molecule has 1 aromatic carbocycles. The van der Waals surface area contributed by atoms with Crippen molar-refractivity contribution in [3.8, 4) is 0 Å². The van der Waals surface area contributed by atoms with Crippen molar-refractivity contribution in [3.63, 3.8) is 0 Å². The number of nitrogens with one attached hydrogen (secondary N) is 1. The first-order chi connectivity index (χ1) is 8.16. The summed E-state index contributed by atoms with van der Waals surface area (Å²) in [6, 6.07) is 8.88. The summed E-state index contributed by atoms with van der Waals surface area (Å²) in [6.45, 7) is 5.07. The van der Waals surface area contributed by atoms with Crippen LogP contribution in [0.3, 0.4) is 0 Å². The molecule has 0 spiro atoms. The van der Waals surface area contributed by atoms with Crippen LogP contribution < -0.4 is 11.1 Å². The predicted molar refractivity (Wildman–Crippen MR) is 72.0 cm³/mol. The number of nitrogens with zero attached hydrogens (tertiary/aromatic N) is 1. The van der Waals surface area contributed by atoms with E-state index in [-0.39, 0.29) is 0 Å². The van der Waals surface area contributed by atoms with E-state index < -0.39 is 0 Å². The Morgan fingerprint density at radius 2 is 2.24 bits per heavy atom. The standard InChI is InChI=1S/C14H21N3/c1-10(2)9-16-14(15)17-13-8-7-11-5-3-4-6-12(11)13/h3-6,10,13H,7-9H2,1-2H3,(H3,15,16,17). The molecule has 3 nitrogen and oxygen atoms in total. The Morgan fingerprint density at radius 3 is 3.00 bits per heavy atom. The third-order valence-electron chi connectivity index (χ3n) is 3.08. The lowest BCUT2D eigenvalue weighted by molar-refractivity contribution is 0.622. The third kappa shape index (κ3) is 2.99.